The van der Waals surface area contributed by atoms with Crippen molar-refractivity contribution in [3.8, 4) is 0 Å². The molecule has 25 heavy (non-hydrogen) atoms. The molecule has 7 nitrogen and oxygen atoms in total. The zero-order valence-electron chi connectivity index (χ0n) is 15.5. The molecule has 1 aliphatic rings. The summed E-state index contributed by atoms with van der Waals surface area (Å²) >= 11 is 0. The van der Waals surface area contributed by atoms with Crippen molar-refractivity contribution in [3.63, 3.8) is 0 Å². The lowest BCUT2D eigenvalue weighted by atomic mass is 10.0. The van der Waals surface area contributed by atoms with Crippen LogP contribution in [0.25, 0.3) is 5.78 Å². The third-order valence-electron chi connectivity index (χ3n) is 5.11. The average molecular weight is 344 g/mol. The number of fused-ring (bicyclic) bond motifs is 1. The van der Waals surface area contributed by atoms with Gasteiger partial charge in [0.25, 0.3) is 5.78 Å². The molecule has 7 heteroatoms. The van der Waals surface area contributed by atoms with Gasteiger partial charge in [-0.2, -0.15) is 10.1 Å². The largest absolute Gasteiger partial charge is 0.340 e. The first-order valence-corrected chi connectivity index (χ1v) is 9.27. The van der Waals surface area contributed by atoms with Gasteiger partial charge < -0.3 is 10.2 Å². The van der Waals surface area contributed by atoms with E-state index in [0.29, 0.717) is 24.7 Å². The highest BCUT2D eigenvalue weighted by molar-refractivity contribution is 5.77. The first kappa shape index (κ1) is 17.8. The lowest BCUT2D eigenvalue weighted by Crippen LogP contribution is -2.46. The van der Waals surface area contributed by atoms with Crippen LogP contribution in [0.4, 0.5) is 0 Å². The fourth-order valence-corrected chi connectivity index (χ4v) is 3.76. The van der Waals surface area contributed by atoms with Crippen molar-refractivity contribution in [2.45, 2.75) is 58.9 Å². The van der Waals surface area contributed by atoms with Crippen LogP contribution in [0.5, 0.6) is 0 Å². The normalized spacial score (nSPS) is 15.6. The Morgan fingerprint density at radius 1 is 1.36 bits per heavy atom. The van der Waals surface area contributed by atoms with E-state index in [0.717, 1.165) is 55.8 Å². The van der Waals surface area contributed by atoms with Gasteiger partial charge in [-0.1, -0.05) is 6.92 Å². The molecule has 0 bridgehead atoms. The highest BCUT2D eigenvalue weighted by Gasteiger charge is 2.24. The number of aryl methyl sites for hydroxylation is 2. The van der Waals surface area contributed by atoms with Crippen LogP contribution in [-0.4, -0.2) is 56.1 Å². The molecular weight excluding hydrogens is 316 g/mol. The Bertz CT molecular complexity index is 734. The van der Waals surface area contributed by atoms with Crippen LogP contribution in [0, 0.1) is 13.8 Å². The quantitative estimate of drug-likeness (QED) is 0.863. The second-order valence-corrected chi connectivity index (χ2v) is 6.80. The molecule has 0 aromatic carbocycles. The Morgan fingerprint density at radius 3 is 2.84 bits per heavy atom. The maximum absolute atomic E-state index is 12.9. The van der Waals surface area contributed by atoms with E-state index in [1.165, 1.54) is 6.33 Å². The summed E-state index contributed by atoms with van der Waals surface area (Å²) in [6.07, 6.45) is 5.84. The van der Waals surface area contributed by atoms with Crippen molar-refractivity contribution in [3.05, 3.63) is 23.3 Å². The number of nitrogens with one attached hydrogen (secondary N) is 1. The van der Waals surface area contributed by atoms with Crippen molar-refractivity contribution in [1.29, 1.82) is 0 Å². The molecule has 3 rings (SSSR count). The number of carbonyl (C=O) groups is 1. The van der Waals surface area contributed by atoms with E-state index < -0.39 is 0 Å². The molecule has 1 N–H and O–H groups in total. The van der Waals surface area contributed by atoms with Gasteiger partial charge in [0.2, 0.25) is 5.91 Å². The molecule has 3 heterocycles. The minimum atomic E-state index is 0.256. The molecule has 1 fully saturated rings. The fourth-order valence-electron chi connectivity index (χ4n) is 3.76. The van der Waals surface area contributed by atoms with E-state index in [9.17, 15) is 4.79 Å². The summed E-state index contributed by atoms with van der Waals surface area (Å²) in [6.45, 7) is 9.00. The Kier molecular flexibility index (Phi) is 5.63. The Labute approximate surface area is 148 Å². The van der Waals surface area contributed by atoms with Crippen LogP contribution >= 0.6 is 0 Å². The van der Waals surface area contributed by atoms with E-state index in [2.05, 4.69) is 32.2 Å². The van der Waals surface area contributed by atoms with Crippen LogP contribution < -0.4 is 5.32 Å². The standard InChI is InChI=1S/C18H28N6O/c1-4-11-23(15-7-9-19-10-8-15)17(25)6-5-16-13(2)22-18-20-12-21-24(18)14(16)3/h12,15,19H,4-11H2,1-3H3. The summed E-state index contributed by atoms with van der Waals surface area (Å²) < 4.78 is 1.75. The van der Waals surface area contributed by atoms with E-state index in [-0.39, 0.29) is 5.91 Å². The van der Waals surface area contributed by atoms with Gasteiger partial charge in [0.15, 0.2) is 0 Å². The SMILES string of the molecule is CCCN(C(=O)CCc1c(C)nc2ncnn2c1C)C1CCNCC1. The molecule has 0 spiro atoms. The van der Waals surface area contributed by atoms with Crippen LogP contribution in [-0.2, 0) is 11.2 Å². The van der Waals surface area contributed by atoms with Gasteiger partial charge in [0, 0.05) is 30.4 Å². The summed E-state index contributed by atoms with van der Waals surface area (Å²) in [6, 6.07) is 0.381. The molecule has 0 atom stereocenters. The number of carbonyl (C=O) groups excluding carboxylic acids is 1. The number of piperidine rings is 1. The van der Waals surface area contributed by atoms with E-state index >= 15 is 0 Å². The van der Waals surface area contributed by atoms with Crippen LogP contribution in [0.15, 0.2) is 6.33 Å². The monoisotopic (exact) mass is 344 g/mol. The van der Waals surface area contributed by atoms with E-state index in [1.807, 2.05) is 13.8 Å². The van der Waals surface area contributed by atoms with Crippen molar-refractivity contribution in [1.82, 2.24) is 29.8 Å². The average Bonchev–Trinajstić information content (AvgIpc) is 3.08. The van der Waals surface area contributed by atoms with Crippen molar-refractivity contribution in [2.24, 2.45) is 0 Å². The summed E-state index contributed by atoms with van der Waals surface area (Å²) in [4.78, 5) is 23.6. The molecule has 2 aromatic heterocycles. The number of rotatable bonds is 6. The summed E-state index contributed by atoms with van der Waals surface area (Å²) in [5, 5.41) is 7.60. The fraction of sp³-hybridized carbons (Fsp3) is 0.667. The lowest BCUT2D eigenvalue weighted by Gasteiger charge is -2.34. The van der Waals surface area contributed by atoms with Crippen LogP contribution in [0.1, 0.15) is 49.6 Å². The van der Waals surface area contributed by atoms with Gasteiger partial charge in [-0.15, -0.1) is 0 Å². The minimum absolute atomic E-state index is 0.256. The number of aromatic nitrogens is 4. The van der Waals surface area contributed by atoms with Gasteiger partial charge in [-0.05, 0) is 58.2 Å². The molecule has 0 unspecified atom stereocenters. The van der Waals surface area contributed by atoms with Gasteiger partial charge >= 0.3 is 0 Å². The third-order valence-corrected chi connectivity index (χ3v) is 5.11. The summed E-state index contributed by atoms with van der Waals surface area (Å²) in [7, 11) is 0. The molecule has 2 aromatic rings. The van der Waals surface area contributed by atoms with Crippen LogP contribution in [0.3, 0.4) is 0 Å². The number of nitrogens with zero attached hydrogens (tertiary/aromatic N) is 5. The molecular formula is C18H28N6O. The first-order chi connectivity index (χ1) is 12.1. The van der Waals surface area contributed by atoms with Crippen molar-refractivity contribution < 1.29 is 4.79 Å². The molecule has 0 radical (unpaired) electrons. The number of hydrogen-bond donors (Lipinski definition) is 1. The second kappa shape index (κ2) is 7.91. The first-order valence-electron chi connectivity index (χ1n) is 9.27. The maximum atomic E-state index is 12.9. The molecule has 1 saturated heterocycles. The van der Waals surface area contributed by atoms with Gasteiger partial charge in [-0.3, -0.25) is 4.79 Å². The van der Waals surface area contributed by atoms with Crippen molar-refractivity contribution >= 4 is 11.7 Å². The molecule has 1 aliphatic heterocycles. The second-order valence-electron chi connectivity index (χ2n) is 6.80. The molecule has 136 valence electrons. The topological polar surface area (TPSA) is 75.4 Å². The van der Waals surface area contributed by atoms with Gasteiger partial charge in [0.1, 0.15) is 6.33 Å². The Morgan fingerprint density at radius 2 is 2.12 bits per heavy atom. The molecule has 0 saturated carbocycles. The zero-order valence-corrected chi connectivity index (χ0v) is 15.5. The summed E-state index contributed by atoms with van der Waals surface area (Å²) in [5.74, 6) is 0.874. The van der Waals surface area contributed by atoms with E-state index in [4.69, 9.17) is 0 Å². The predicted molar refractivity (Wildman–Crippen MR) is 96.5 cm³/mol. The maximum Gasteiger partial charge on any atom is 0.252 e. The van der Waals surface area contributed by atoms with Crippen molar-refractivity contribution in [2.75, 3.05) is 19.6 Å². The van der Waals surface area contributed by atoms with Gasteiger partial charge in [0.05, 0.1) is 0 Å². The highest BCUT2D eigenvalue weighted by Crippen LogP contribution is 2.18. The Balaban J connectivity index is 1.72. The Hall–Kier alpha value is -2.02. The van der Waals surface area contributed by atoms with E-state index in [1.54, 1.807) is 4.52 Å². The number of hydrogen-bond acceptors (Lipinski definition) is 5. The lowest BCUT2D eigenvalue weighted by molar-refractivity contribution is -0.134. The zero-order chi connectivity index (χ0) is 17.8. The number of amides is 1. The van der Waals surface area contributed by atoms with Crippen LogP contribution in [0.2, 0.25) is 0 Å². The third kappa shape index (κ3) is 3.81. The molecule has 0 aliphatic carbocycles. The predicted octanol–water partition coefficient (Wildman–Crippen LogP) is 1.66. The highest BCUT2D eigenvalue weighted by atomic mass is 16.2. The van der Waals surface area contributed by atoms with Gasteiger partial charge in [-0.25, -0.2) is 9.50 Å². The minimum Gasteiger partial charge on any atom is -0.340 e. The smallest absolute Gasteiger partial charge is 0.252 e. The summed E-state index contributed by atoms with van der Waals surface area (Å²) in [5.41, 5.74) is 3.07. The molecule has 1 amide bonds.